The first kappa shape index (κ1) is 26.1. The maximum Gasteiger partial charge on any atom is 0.338 e. The average Bonchev–Trinajstić information content (AvgIpc) is 3.15. The van der Waals surface area contributed by atoms with E-state index in [4.69, 9.17) is 13.9 Å². The maximum atomic E-state index is 12.7. The van der Waals surface area contributed by atoms with Crippen molar-refractivity contribution in [2.75, 3.05) is 6.61 Å². The number of nitrogens with one attached hydrogen (secondary N) is 1. The van der Waals surface area contributed by atoms with Gasteiger partial charge >= 0.3 is 11.7 Å². The molecule has 10 heteroatoms. The molecule has 0 spiro atoms. The number of benzene rings is 1. The molecule has 3 atom stereocenters. The number of esters is 1. The van der Waals surface area contributed by atoms with Crippen LogP contribution in [0.4, 0.5) is 0 Å². The minimum atomic E-state index is -2.21. The van der Waals surface area contributed by atoms with E-state index in [1.165, 1.54) is 10.8 Å². The number of carbonyl (C=O) groups is 1. The largest absolute Gasteiger partial charge is 0.459 e. The van der Waals surface area contributed by atoms with Crippen LogP contribution in [-0.2, 0) is 20.5 Å². The summed E-state index contributed by atoms with van der Waals surface area (Å²) >= 11 is 0. The Labute approximate surface area is 199 Å². The molecule has 1 aliphatic heterocycles. The number of hydrogen-bond acceptors (Lipinski definition) is 7. The number of hydrogen-bond donors (Lipinski definition) is 2. The van der Waals surface area contributed by atoms with Crippen molar-refractivity contribution in [3.05, 3.63) is 68.0 Å². The molecule has 0 unspecified atom stereocenters. The summed E-state index contributed by atoms with van der Waals surface area (Å²) in [5, 5.41) is 9.46. The van der Waals surface area contributed by atoms with Gasteiger partial charge in [0.1, 0.15) is 18.9 Å². The summed E-state index contributed by atoms with van der Waals surface area (Å²) in [7, 11) is -2.21. The fourth-order valence-corrected chi connectivity index (χ4v) is 4.95. The molecule has 1 aliphatic rings. The number of nitrogens with zero attached hydrogens (tertiary/aromatic N) is 1. The Morgan fingerprint density at radius 3 is 2.59 bits per heavy atom. The summed E-state index contributed by atoms with van der Waals surface area (Å²) < 4.78 is 19.7. The molecule has 0 amide bonds. The van der Waals surface area contributed by atoms with Crippen LogP contribution in [-0.4, -0.2) is 47.8 Å². The van der Waals surface area contributed by atoms with Crippen molar-refractivity contribution in [3.63, 3.8) is 0 Å². The molecule has 2 N–H and O–H groups in total. The third-order valence-electron chi connectivity index (χ3n) is 6.68. The van der Waals surface area contributed by atoms with Crippen LogP contribution in [0.25, 0.3) is 0 Å². The smallest absolute Gasteiger partial charge is 0.338 e. The topological polar surface area (TPSA) is 120 Å². The van der Waals surface area contributed by atoms with E-state index >= 15 is 0 Å². The minimum absolute atomic E-state index is 0.0577. The zero-order chi connectivity index (χ0) is 25.3. The van der Waals surface area contributed by atoms with Gasteiger partial charge in [0.05, 0.1) is 18.3 Å². The SMILES string of the molecule is Cc1cn([C@H]2C[C@H](O[Si](C)(C)C(C)(C)C)[C@@H](COC(=O)c3ccccc3CO)O2)c(=O)[nH]c1=O. The summed E-state index contributed by atoms with van der Waals surface area (Å²) in [6.45, 7) is 11.9. The van der Waals surface area contributed by atoms with Crippen LogP contribution in [0, 0.1) is 6.92 Å². The van der Waals surface area contributed by atoms with Crippen LogP contribution in [0.2, 0.25) is 18.1 Å². The number of aromatic amines is 1. The van der Waals surface area contributed by atoms with Crippen molar-refractivity contribution in [1.82, 2.24) is 9.55 Å². The number of ether oxygens (including phenoxy) is 2. The molecule has 1 fully saturated rings. The van der Waals surface area contributed by atoms with E-state index in [2.05, 4.69) is 38.8 Å². The molecule has 186 valence electrons. The second-order valence-corrected chi connectivity index (χ2v) is 14.9. The molecule has 34 heavy (non-hydrogen) atoms. The first-order chi connectivity index (χ1) is 15.8. The maximum absolute atomic E-state index is 12.7. The Bertz CT molecular complexity index is 1150. The van der Waals surface area contributed by atoms with E-state index in [0.717, 1.165) is 0 Å². The van der Waals surface area contributed by atoms with Gasteiger partial charge in [-0.05, 0) is 36.7 Å². The highest BCUT2D eigenvalue weighted by atomic mass is 28.4. The molecule has 9 nitrogen and oxygen atoms in total. The number of carbonyl (C=O) groups excluding carboxylic acids is 1. The lowest BCUT2D eigenvalue weighted by molar-refractivity contribution is -0.0514. The molecule has 0 bridgehead atoms. The van der Waals surface area contributed by atoms with Crippen molar-refractivity contribution in [2.24, 2.45) is 0 Å². The van der Waals surface area contributed by atoms with E-state index in [1.807, 2.05) is 0 Å². The van der Waals surface area contributed by atoms with Crippen molar-refractivity contribution in [1.29, 1.82) is 0 Å². The van der Waals surface area contributed by atoms with Crippen molar-refractivity contribution >= 4 is 14.3 Å². The van der Waals surface area contributed by atoms with Crippen LogP contribution in [0.3, 0.4) is 0 Å². The molecule has 1 aromatic heterocycles. The number of aliphatic hydroxyl groups is 1. The van der Waals surface area contributed by atoms with Gasteiger partial charge in [0.15, 0.2) is 8.32 Å². The van der Waals surface area contributed by atoms with Crippen LogP contribution in [0.1, 0.15) is 54.9 Å². The molecule has 3 rings (SSSR count). The number of aliphatic hydroxyl groups excluding tert-OH is 1. The third-order valence-corrected chi connectivity index (χ3v) is 11.2. The second kappa shape index (κ2) is 9.99. The highest BCUT2D eigenvalue weighted by Crippen LogP contribution is 2.41. The predicted molar refractivity (Wildman–Crippen MR) is 129 cm³/mol. The van der Waals surface area contributed by atoms with Gasteiger partial charge in [0.25, 0.3) is 5.56 Å². The van der Waals surface area contributed by atoms with Crippen LogP contribution in [0.15, 0.2) is 40.1 Å². The summed E-state index contributed by atoms with van der Waals surface area (Å²) in [5.74, 6) is -0.570. The van der Waals surface area contributed by atoms with Crippen LogP contribution >= 0.6 is 0 Å². The number of rotatable bonds is 7. The molecule has 1 aromatic carbocycles. The molecular formula is C24H34N2O7Si. The van der Waals surface area contributed by atoms with Gasteiger partial charge in [-0.1, -0.05) is 39.0 Å². The minimum Gasteiger partial charge on any atom is -0.459 e. The van der Waals surface area contributed by atoms with Gasteiger partial charge in [-0.15, -0.1) is 0 Å². The Morgan fingerprint density at radius 2 is 1.94 bits per heavy atom. The molecule has 0 aliphatic carbocycles. The highest BCUT2D eigenvalue weighted by Gasteiger charge is 2.45. The molecule has 0 saturated carbocycles. The van der Waals surface area contributed by atoms with E-state index < -0.39 is 44.0 Å². The summed E-state index contributed by atoms with van der Waals surface area (Å²) in [6, 6.07) is 6.69. The normalized spacial score (nSPS) is 21.0. The lowest BCUT2D eigenvalue weighted by Crippen LogP contribution is -2.46. The van der Waals surface area contributed by atoms with Gasteiger partial charge in [0.2, 0.25) is 0 Å². The van der Waals surface area contributed by atoms with Gasteiger partial charge in [-0.2, -0.15) is 0 Å². The fraction of sp³-hybridized carbons (Fsp3) is 0.542. The third kappa shape index (κ3) is 5.57. The van der Waals surface area contributed by atoms with Crippen LogP contribution < -0.4 is 11.2 Å². The van der Waals surface area contributed by atoms with Gasteiger partial charge in [-0.25, -0.2) is 9.59 Å². The Hall–Kier alpha value is -2.53. The quantitative estimate of drug-likeness (QED) is 0.452. The summed E-state index contributed by atoms with van der Waals surface area (Å²) in [4.78, 5) is 39.2. The van der Waals surface area contributed by atoms with E-state index in [9.17, 15) is 19.5 Å². The Morgan fingerprint density at radius 1 is 1.26 bits per heavy atom. The highest BCUT2D eigenvalue weighted by molar-refractivity contribution is 6.74. The van der Waals surface area contributed by atoms with Crippen molar-refractivity contribution in [3.8, 4) is 0 Å². The number of H-pyrrole nitrogens is 1. The Kier molecular flexibility index (Phi) is 7.66. The van der Waals surface area contributed by atoms with Gasteiger partial charge < -0.3 is 19.0 Å². The molecule has 2 aromatic rings. The first-order valence-corrected chi connectivity index (χ1v) is 14.3. The standard InChI is InChI=1S/C24H34N2O7Si/c1-15-12-26(23(30)25-21(15)28)20-11-18(33-34(5,6)24(2,3)4)19(32-20)14-31-22(29)17-10-8-7-9-16(17)13-27/h7-10,12,18-20,27H,11,13-14H2,1-6H3,(H,25,28,30)/t18-,19+,20+/m0/s1. The van der Waals surface area contributed by atoms with Gasteiger partial charge in [-0.3, -0.25) is 14.3 Å². The molecular weight excluding hydrogens is 456 g/mol. The zero-order valence-corrected chi connectivity index (χ0v) is 21.6. The van der Waals surface area contributed by atoms with Gasteiger partial charge in [0, 0.05) is 18.2 Å². The Balaban J connectivity index is 1.84. The predicted octanol–water partition coefficient (Wildman–Crippen LogP) is 2.87. The lowest BCUT2D eigenvalue weighted by atomic mass is 10.1. The lowest BCUT2D eigenvalue weighted by Gasteiger charge is -2.39. The number of aryl methyl sites for hydroxylation is 1. The van der Waals surface area contributed by atoms with E-state index in [-0.39, 0.29) is 23.8 Å². The zero-order valence-electron chi connectivity index (χ0n) is 20.6. The van der Waals surface area contributed by atoms with Crippen LogP contribution in [0.5, 0.6) is 0 Å². The summed E-state index contributed by atoms with van der Waals surface area (Å²) in [6.07, 6.45) is 0.148. The van der Waals surface area contributed by atoms with E-state index in [1.54, 1.807) is 31.2 Å². The fourth-order valence-electron chi connectivity index (χ4n) is 3.59. The number of aromatic nitrogens is 2. The van der Waals surface area contributed by atoms with Crippen molar-refractivity contribution < 1.29 is 23.8 Å². The monoisotopic (exact) mass is 490 g/mol. The van der Waals surface area contributed by atoms with E-state index in [0.29, 0.717) is 17.5 Å². The summed E-state index contributed by atoms with van der Waals surface area (Å²) in [5.41, 5.74) is 0.138. The molecule has 0 radical (unpaired) electrons. The molecule has 1 saturated heterocycles. The first-order valence-electron chi connectivity index (χ1n) is 11.4. The van der Waals surface area contributed by atoms with Crippen molar-refractivity contribution in [2.45, 2.75) is 77.3 Å². The average molecular weight is 491 g/mol. The second-order valence-electron chi connectivity index (χ2n) is 10.2. The molecule has 2 heterocycles.